The van der Waals surface area contributed by atoms with Crippen LogP contribution in [0.2, 0.25) is 0 Å². The van der Waals surface area contributed by atoms with Crippen molar-refractivity contribution in [3.63, 3.8) is 0 Å². The van der Waals surface area contributed by atoms with E-state index in [2.05, 4.69) is 0 Å². The number of benzene rings is 1. The van der Waals surface area contributed by atoms with Gasteiger partial charge in [0, 0.05) is 17.7 Å². The van der Waals surface area contributed by atoms with Crippen LogP contribution in [0.1, 0.15) is 31.9 Å². The Hall–Kier alpha value is -1.10. The van der Waals surface area contributed by atoms with E-state index in [9.17, 15) is 17.6 Å². The van der Waals surface area contributed by atoms with Gasteiger partial charge in [0.1, 0.15) is 0 Å². The third-order valence-corrected chi connectivity index (χ3v) is 2.24. The van der Waals surface area contributed by atoms with Crippen LogP contribution in [0.4, 0.5) is 17.6 Å². The highest BCUT2D eigenvalue weighted by molar-refractivity contribution is 5.25. The second kappa shape index (κ2) is 4.82. The minimum atomic E-state index is -1.42. The van der Waals surface area contributed by atoms with Gasteiger partial charge in [-0.15, -0.1) is 0 Å². The lowest BCUT2D eigenvalue weighted by atomic mass is 9.96. The lowest BCUT2D eigenvalue weighted by Gasteiger charge is -2.16. The minimum Gasteiger partial charge on any atom is -0.324 e. The highest BCUT2D eigenvalue weighted by Crippen LogP contribution is 2.27. The Balaban J connectivity index is 3.21. The zero-order valence-electron chi connectivity index (χ0n) is 9.03. The Morgan fingerprint density at radius 3 is 1.88 bits per heavy atom. The SMILES string of the molecule is CC(C)C[C@@H](N)c1c(F)c(F)cc(F)c1F. The highest BCUT2D eigenvalue weighted by Gasteiger charge is 2.24. The molecule has 1 nitrogen and oxygen atoms in total. The van der Waals surface area contributed by atoms with Crippen molar-refractivity contribution in [3.05, 3.63) is 34.9 Å². The predicted octanol–water partition coefficient (Wildman–Crippen LogP) is 3.29. The van der Waals surface area contributed by atoms with Crippen molar-refractivity contribution in [3.8, 4) is 0 Å². The number of hydrogen-bond donors (Lipinski definition) is 1. The summed E-state index contributed by atoms with van der Waals surface area (Å²) in [5.74, 6) is -5.60. The van der Waals surface area contributed by atoms with Gasteiger partial charge in [0.05, 0.1) is 0 Å². The van der Waals surface area contributed by atoms with E-state index in [-0.39, 0.29) is 18.4 Å². The summed E-state index contributed by atoms with van der Waals surface area (Å²) in [4.78, 5) is 0. The van der Waals surface area contributed by atoms with Gasteiger partial charge < -0.3 is 5.73 Å². The average molecular weight is 235 g/mol. The molecule has 0 aliphatic carbocycles. The molecule has 0 fully saturated rings. The van der Waals surface area contributed by atoms with Crippen molar-refractivity contribution in [1.82, 2.24) is 0 Å². The largest absolute Gasteiger partial charge is 0.324 e. The molecule has 1 aromatic carbocycles. The molecule has 1 aromatic rings. The first-order chi connectivity index (χ1) is 7.34. The summed E-state index contributed by atoms with van der Waals surface area (Å²) in [5, 5.41) is 0. The Labute approximate surface area is 91.3 Å². The van der Waals surface area contributed by atoms with E-state index in [0.717, 1.165) is 0 Å². The highest BCUT2D eigenvalue weighted by atomic mass is 19.2. The third kappa shape index (κ3) is 2.52. The predicted molar refractivity (Wildman–Crippen MR) is 52.7 cm³/mol. The summed E-state index contributed by atoms with van der Waals surface area (Å²) in [5.41, 5.74) is 4.81. The lowest BCUT2D eigenvalue weighted by Crippen LogP contribution is -2.18. The van der Waals surface area contributed by atoms with Crippen LogP contribution in [0.5, 0.6) is 0 Å². The summed E-state index contributed by atoms with van der Waals surface area (Å²) in [6.45, 7) is 3.59. The molecule has 0 aliphatic heterocycles. The number of nitrogens with two attached hydrogens (primary N) is 1. The van der Waals surface area contributed by atoms with Crippen molar-refractivity contribution < 1.29 is 17.6 Å². The first-order valence-electron chi connectivity index (χ1n) is 4.93. The van der Waals surface area contributed by atoms with Gasteiger partial charge in [-0.3, -0.25) is 0 Å². The van der Waals surface area contributed by atoms with Gasteiger partial charge in [0.2, 0.25) is 0 Å². The molecule has 90 valence electrons. The molecule has 0 spiro atoms. The first-order valence-corrected chi connectivity index (χ1v) is 4.93. The average Bonchev–Trinajstić information content (AvgIpc) is 2.14. The quantitative estimate of drug-likeness (QED) is 0.631. The molecule has 5 heteroatoms. The van der Waals surface area contributed by atoms with Gasteiger partial charge in [-0.05, 0) is 12.3 Å². The molecule has 0 heterocycles. The lowest BCUT2D eigenvalue weighted by molar-refractivity contribution is 0.408. The van der Waals surface area contributed by atoms with Crippen LogP contribution < -0.4 is 5.73 Å². The van der Waals surface area contributed by atoms with E-state index in [1.807, 2.05) is 0 Å². The Morgan fingerprint density at radius 1 is 1.06 bits per heavy atom. The minimum absolute atomic E-state index is 0.0696. The van der Waals surface area contributed by atoms with Gasteiger partial charge in [-0.1, -0.05) is 13.8 Å². The topological polar surface area (TPSA) is 26.0 Å². The van der Waals surface area contributed by atoms with E-state index >= 15 is 0 Å². The zero-order valence-corrected chi connectivity index (χ0v) is 9.03. The Kier molecular flexibility index (Phi) is 3.91. The maximum Gasteiger partial charge on any atom is 0.166 e. The fourth-order valence-electron chi connectivity index (χ4n) is 1.54. The van der Waals surface area contributed by atoms with Crippen molar-refractivity contribution in [2.75, 3.05) is 0 Å². The zero-order chi connectivity index (χ0) is 12.5. The van der Waals surface area contributed by atoms with Crippen molar-refractivity contribution >= 4 is 0 Å². The van der Waals surface area contributed by atoms with Gasteiger partial charge in [0.25, 0.3) is 0 Å². The molecular weight excluding hydrogens is 222 g/mol. The molecular formula is C11H13F4N. The van der Waals surface area contributed by atoms with Crippen molar-refractivity contribution in [1.29, 1.82) is 0 Å². The molecule has 2 N–H and O–H groups in total. The van der Waals surface area contributed by atoms with E-state index in [1.54, 1.807) is 13.8 Å². The van der Waals surface area contributed by atoms with Crippen LogP contribution in [-0.4, -0.2) is 0 Å². The molecule has 0 amide bonds. The van der Waals surface area contributed by atoms with Crippen LogP contribution in [0.3, 0.4) is 0 Å². The van der Waals surface area contributed by atoms with E-state index in [4.69, 9.17) is 5.73 Å². The second-order valence-electron chi connectivity index (χ2n) is 4.12. The summed E-state index contributed by atoms with van der Waals surface area (Å²) in [7, 11) is 0. The summed E-state index contributed by atoms with van der Waals surface area (Å²) < 4.78 is 52.3. The fourth-order valence-corrected chi connectivity index (χ4v) is 1.54. The number of rotatable bonds is 3. The Bertz CT molecular complexity index is 364. The molecule has 0 saturated carbocycles. The van der Waals surface area contributed by atoms with Gasteiger partial charge in [-0.25, -0.2) is 17.6 Å². The third-order valence-electron chi connectivity index (χ3n) is 2.24. The Morgan fingerprint density at radius 2 is 1.50 bits per heavy atom. The maximum atomic E-state index is 13.3. The molecule has 0 aromatic heterocycles. The van der Waals surface area contributed by atoms with Crippen LogP contribution >= 0.6 is 0 Å². The monoisotopic (exact) mass is 235 g/mol. The molecule has 16 heavy (non-hydrogen) atoms. The van der Waals surface area contributed by atoms with Crippen LogP contribution in [0.25, 0.3) is 0 Å². The molecule has 1 rings (SSSR count). The normalized spacial score (nSPS) is 13.2. The first kappa shape index (κ1) is 13.0. The molecule has 0 bridgehead atoms. The molecule has 0 unspecified atom stereocenters. The van der Waals surface area contributed by atoms with Gasteiger partial charge in [-0.2, -0.15) is 0 Å². The van der Waals surface area contributed by atoms with Gasteiger partial charge in [0.15, 0.2) is 23.3 Å². The number of halogens is 4. The number of hydrogen-bond acceptors (Lipinski definition) is 1. The van der Waals surface area contributed by atoms with E-state index < -0.39 is 34.9 Å². The summed E-state index contributed by atoms with van der Waals surface area (Å²) in [6, 6.07) is -0.874. The van der Waals surface area contributed by atoms with E-state index in [0.29, 0.717) is 0 Å². The van der Waals surface area contributed by atoms with Crippen LogP contribution in [0.15, 0.2) is 6.07 Å². The van der Waals surface area contributed by atoms with Crippen molar-refractivity contribution in [2.24, 2.45) is 11.7 Å². The summed E-state index contributed by atoms with van der Waals surface area (Å²) >= 11 is 0. The molecule has 0 saturated heterocycles. The van der Waals surface area contributed by atoms with E-state index in [1.165, 1.54) is 0 Å². The van der Waals surface area contributed by atoms with Crippen molar-refractivity contribution in [2.45, 2.75) is 26.3 Å². The van der Waals surface area contributed by atoms with Crippen LogP contribution in [-0.2, 0) is 0 Å². The maximum absolute atomic E-state index is 13.3. The molecule has 0 radical (unpaired) electrons. The standard InChI is InChI=1S/C11H13F4N/c1-5(2)3-8(16)9-10(14)6(12)4-7(13)11(9)15/h4-5,8H,3,16H2,1-2H3/t8-/m1/s1. The smallest absolute Gasteiger partial charge is 0.166 e. The van der Waals surface area contributed by atoms with Crippen LogP contribution in [0, 0.1) is 29.2 Å². The second-order valence-corrected chi connectivity index (χ2v) is 4.12. The molecule has 0 aliphatic rings. The summed E-state index contributed by atoms with van der Waals surface area (Å²) in [6.07, 6.45) is 0.247. The molecule has 1 atom stereocenters. The van der Waals surface area contributed by atoms with Gasteiger partial charge >= 0.3 is 0 Å². The fraction of sp³-hybridized carbons (Fsp3) is 0.455.